The lowest BCUT2D eigenvalue weighted by Gasteiger charge is -2.13. The number of benzene rings is 2. The molecule has 96 valence electrons. The normalized spacial score (nSPS) is 17.2. The largest absolute Gasteiger partial charge is 0.369 e. The Kier molecular flexibility index (Phi) is 3.25. The molecule has 0 radical (unpaired) electrons. The van der Waals surface area contributed by atoms with Crippen LogP contribution in [0, 0.1) is 0 Å². The van der Waals surface area contributed by atoms with Crippen LogP contribution in [0.2, 0.25) is 5.02 Å². The van der Waals surface area contributed by atoms with Crippen molar-refractivity contribution in [2.24, 2.45) is 5.73 Å². The highest BCUT2D eigenvalue weighted by Gasteiger charge is 2.26. The maximum absolute atomic E-state index is 11.7. The highest BCUT2D eigenvalue weighted by molar-refractivity contribution is 7.99. The Morgan fingerprint density at radius 1 is 1.21 bits per heavy atom. The number of hydrogen-bond donors (Lipinski definition) is 1. The molecule has 0 fully saturated rings. The van der Waals surface area contributed by atoms with Crippen LogP contribution >= 0.6 is 23.4 Å². The van der Waals surface area contributed by atoms with Gasteiger partial charge in [-0.3, -0.25) is 4.79 Å². The van der Waals surface area contributed by atoms with Crippen molar-refractivity contribution in [2.75, 3.05) is 0 Å². The van der Waals surface area contributed by atoms with Crippen molar-refractivity contribution in [3.8, 4) is 0 Å². The summed E-state index contributed by atoms with van der Waals surface area (Å²) in [6.07, 6.45) is 0.606. The fraction of sp³-hybridized carbons (Fsp3) is 0.133. The molecule has 2 aromatic carbocycles. The average molecular weight is 290 g/mol. The molecule has 3 rings (SSSR count). The number of hydrogen-bond acceptors (Lipinski definition) is 2. The molecule has 2 aromatic rings. The summed E-state index contributed by atoms with van der Waals surface area (Å²) >= 11 is 7.71. The van der Waals surface area contributed by atoms with Crippen LogP contribution in [-0.2, 0) is 11.2 Å². The van der Waals surface area contributed by atoms with Crippen LogP contribution in [0.25, 0.3) is 0 Å². The number of nitrogens with two attached hydrogens (primary N) is 1. The second-order valence-electron chi connectivity index (χ2n) is 4.55. The van der Waals surface area contributed by atoms with Gasteiger partial charge in [-0.1, -0.05) is 41.6 Å². The summed E-state index contributed by atoms with van der Waals surface area (Å²) in [6.45, 7) is 0. The number of primary amides is 1. The third kappa shape index (κ3) is 2.36. The second-order valence-corrected chi connectivity index (χ2v) is 6.07. The Labute approximate surface area is 121 Å². The summed E-state index contributed by atoms with van der Waals surface area (Å²) in [4.78, 5) is 14.0. The highest BCUT2D eigenvalue weighted by atomic mass is 35.5. The number of fused-ring (bicyclic) bond motifs is 2. The van der Waals surface area contributed by atoms with E-state index in [0.29, 0.717) is 11.4 Å². The molecule has 1 aliphatic heterocycles. The molecule has 0 bridgehead atoms. The fourth-order valence-electron chi connectivity index (χ4n) is 2.37. The standard InChI is InChI=1S/C15H12ClNOS/c16-10-5-6-13-9(7-10)8-12(15(17)18)11-3-1-2-4-14(11)19-13/h1-7,12H,8H2,(H2,17,18)/t12-/m1/s1. The van der Waals surface area contributed by atoms with E-state index < -0.39 is 0 Å². The maximum Gasteiger partial charge on any atom is 0.225 e. The van der Waals surface area contributed by atoms with Gasteiger partial charge in [0.15, 0.2) is 0 Å². The predicted molar refractivity (Wildman–Crippen MR) is 77.7 cm³/mol. The summed E-state index contributed by atoms with van der Waals surface area (Å²) in [5.74, 6) is -0.579. The van der Waals surface area contributed by atoms with Gasteiger partial charge in [0.1, 0.15) is 0 Å². The van der Waals surface area contributed by atoms with Crippen molar-refractivity contribution in [3.05, 3.63) is 58.6 Å². The van der Waals surface area contributed by atoms with E-state index >= 15 is 0 Å². The molecule has 1 amide bonds. The fourth-order valence-corrected chi connectivity index (χ4v) is 3.69. The first-order chi connectivity index (χ1) is 9.15. The van der Waals surface area contributed by atoms with E-state index in [9.17, 15) is 4.79 Å². The summed E-state index contributed by atoms with van der Waals surface area (Å²) < 4.78 is 0. The Morgan fingerprint density at radius 2 is 2.00 bits per heavy atom. The van der Waals surface area contributed by atoms with Gasteiger partial charge in [0, 0.05) is 14.8 Å². The van der Waals surface area contributed by atoms with Gasteiger partial charge < -0.3 is 5.73 Å². The van der Waals surface area contributed by atoms with Gasteiger partial charge in [-0.25, -0.2) is 0 Å². The molecular formula is C15H12ClNOS. The summed E-state index contributed by atoms with van der Waals surface area (Å²) in [5.41, 5.74) is 7.65. The zero-order valence-corrected chi connectivity index (χ0v) is 11.7. The first-order valence-electron chi connectivity index (χ1n) is 5.99. The highest BCUT2D eigenvalue weighted by Crippen LogP contribution is 2.42. The first kappa shape index (κ1) is 12.6. The SMILES string of the molecule is NC(=O)[C@@H]1Cc2cc(Cl)ccc2Sc2ccccc21. The molecular weight excluding hydrogens is 278 g/mol. The van der Waals surface area contributed by atoms with Gasteiger partial charge in [0.25, 0.3) is 0 Å². The number of amides is 1. The number of carbonyl (C=O) groups excluding carboxylic acids is 1. The molecule has 4 heteroatoms. The molecule has 0 saturated carbocycles. The van der Waals surface area contributed by atoms with E-state index in [1.54, 1.807) is 11.8 Å². The maximum atomic E-state index is 11.7. The third-order valence-corrected chi connectivity index (χ3v) is 4.75. The van der Waals surface area contributed by atoms with Gasteiger partial charge in [0.2, 0.25) is 5.91 Å². The van der Waals surface area contributed by atoms with Crippen molar-refractivity contribution in [3.63, 3.8) is 0 Å². The van der Waals surface area contributed by atoms with E-state index in [2.05, 4.69) is 0 Å². The van der Waals surface area contributed by atoms with Gasteiger partial charge in [-0.15, -0.1) is 0 Å². The Hall–Kier alpha value is -1.45. The Bertz CT molecular complexity index is 656. The summed E-state index contributed by atoms with van der Waals surface area (Å²) in [5, 5.41) is 0.688. The minimum absolute atomic E-state index is 0.289. The Morgan fingerprint density at radius 3 is 2.79 bits per heavy atom. The van der Waals surface area contributed by atoms with Crippen molar-refractivity contribution in [2.45, 2.75) is 22.1 Å². The zero-order valence-electron chi connectivity index (χ0n) is 10.1. The predicted octanol–water partition coefficient (Wildman–Crippen LogP) is 3.62. The first-order valence-corrected chi connectivity index (χ1v) is 7.19. The van der Waals surface area contributed by atoms with Crippen LogP contribution in [0.1, 0.15) is 17.0 Å². The molecule has 1 aliphatic rings. The lowest BCUT2D eigenvalue weighted by atomic mass is 9.91. The number of carbonyl (C=O) groups is 1. The van der Waals surface area contributed by atoms with Crippen LogP contribution < -0.4 is 5.73 Å². The smallest absolute Gasteiger partial charge is 0.225 e. The minimum atomic E-state index is -0.291. The molecule has 0 saturated heterocycles. The lowest BCUT2D eigenvalue weighted by molar-refractivity contribution is -0.119. The minimum Gasteiger partial charge on any atom is -0.369 e. The van der Waals surface area contributed by atoms with Crippen LogP contribution in [0.5, 0.6) is 0 Å². The third-order valence-electron chi connectivity index (χ3n) is 3.30. The molecule has 1 heterocycles. The van der Waals surface area contributed by atoms with Crippen molar-refractivity contribution < 1.29 is 4.79 Å². The summed E-state index contributed by atoms with van der Waals surface area (Å²) in [7, 11) is 0. The molecule has 0 unspecified atom stereocenters. The van der Waals surface area contributed by atoms with Crippen molar-refractivity contribution in [1.82, 2.24) is 0 Å². The van der Waals surface area contributed by atoms with E-state index in [1.807, 2.05) is 42.5 Å². The van der Waals surface area contributed by atoms with Gasteiger partial charge in [-0.05, 0) is 41.8 Å². The second kappa shape index (κ2) is 4.91. The van der Waals surface area contributed by atoms with E-state index in [1.165, 1.54) is 0 Å². The summed E-state index contributed by atoms with van der Waals surface area (Å²) in [6, 6.07) is 13.7. The zero-order chi connectivity index (χ0) is 13.4. The quantitative estimate of drug-likeness (QED) is 0.871. The number of rotatable bonds is 1. The van der Waals surface area contributed by atoms with Crippen molar-refractivity contribution >= 4 is 29.3 Å². The lowest BCUT2D eigenvalue weighted by Crippen LogP contribution is -2.23. The van der Waals surface area contributed by atoms with E-state index in [4.69, 9.17) is 17.3 Å². The van der Waals surface area contributed by atoms with Gasteiger partial charge >= 0.3 is 0 Å². The Balaban J connectivity index is 2.17. The monoisotopic (exact) mass is 289 g/mol. The molecule has 19 heavy (non-hydrogen) atoms. The van der Waals surface area contributed by atoms with Gasteiger partial charge in [0.05, 0.1) is 5.92 Å². The molecule has 1 atom stereocenters. The van der Waals surface area contributed by atoms with Crippen LogP contribution in [0.4, 0.5) is 0 Å². The van der Waals surface area contributed by atoms with Crippen LogP contribution in [-0.4, -0.2) is 5.91 Å². The molecule has 2 N–H and O–H groups in total. The van der Waals surface area contributed by atoms with Gasteiger partial charge in [-0.2, -0.15) is 0 Å². The van der Waals surface area contributed by atoms with Crippen LogP contribution in [0.15, 0.2) is 52.3 Å². The average Bonchev–Trinajstić information content (AvgIpc) is 2.55. The topological polar surface area (TPSA) is 43.1 Å². The van der Waals surface area contributed by atoms with Crippen LogP contribution in [0.3, 0.4) is 0 Å². The number of halogens is 1. The molecule has 0 aromatic heterocycles. The van der Waals surface area contributed by atoms with E-state index in [0.717, 1.165) is 20.9 Å². The van der Waals surface area contributed by atoms with E-state index in [-0.39, 0.29) is 11.8 Å². The van der Waals surface area contributed by atoms with Crippen molar-refractivity contribution in [1.29, 1.82) is 0 Å². The molecule has 2 nitrogen and oxygen atoms in total. The molecule has 0 spiro atoms. The molecule has 0 aliphatic carbocycles.